The summed E-state index contributed by atoms with van der Waals surface area (Å²) in [5, 5.41) is 3.03. The highest BCUT2D eigenvalue weighted by atomic mass is 19.4. The van der Waals surface area contributed by atoms with Gasteiger partial charge in [-0.2, -0.15) is 13.2 Å². The molecule has 2 N–H and O–H groups in total. The molecule has 3 aromatic rings. The minimum Gasteiger partial charge on any atom is -0.496 e. The largest absolute Gasteiger partial charge is 0.496 e. The summed E-state index contributed by atoms with van der Waals surface area (Å²) in [6.07, 6.45) is -5.31. The molecular weight excluding hydrogens is 473 g/mol. The van der Waals surface area contributed by atoms with Gasteiger partial charge in [0.1, 0.15) is 16.9 Å². The third kappa shape index (κ3) is 5.66. The number of aromatic nitrogens is 1. The van der Waals surface area contributed by atoms with E-state index in [0.717, 1.165) is 5.56 Å². The van der Waals surface area contributed by atoms with Crippen LogP contribution < -0.4 is 15.6 Å². The number of fused-ring (bicyclic) bond motifs is 1. The highest BCUT2D eigenvalue weighted by Crippen LogP contribution is 2.42. The first kappa shape index (κ1) is 27.1. The molecule has 0 aliphatic heterocycles. The van der Waals surface area contributed by atoms with Crippen LogP contribution in [-0.2, 0) is 10.9 Å². The molecule has 36 heavy (non-hydrogen) atoms. The zero-order valence-corrected chi connectivity index (χ0v) is 21.4. The number of aromatic amines is 1. The maximum absolute atomic E-state index is 13.7. The number of halogens is 3. The van der Waals surface area contributed by atoms with Gasteiger partial charge in [-0.3, -0.25) is 4.79 Å². The molecule has 3 rings (SSSR count). The number of hydrogen-bond acceptors (Lipinski definition) is 4. The molecule has 1 amide bonds. The zero-order chi connectivity index (χ0) is 27.0. The minimum absolute atomic E-state index is 0.0434. The number of methoxy groups -OCH3 is 1. The normalized spacial score (nSPS) is 12.9. The molecule has 0 saturated heterocycles. The van der Waals surface area contributed by atoms with E-state index in [4.69, 9.17) is 9.47 Å². The molecule has 0 bridgehead atoms. The summed E-state index contributed by atoms with van der Waals surface area (Å²) in [6, 6.07) is 9.00. The van der Waals surface area contributed by atoms with Gasteiger partial charge in [-0.15, -0.1) is 0 Å². The van der Waals surface area contributed by atoms with Gasteiger partial charge in [0.2, 0.25) is 0 Å². The standard InChI is InChI=1S/C27H31F3N2O4/c1-14-12-19(35-7)21(20-16(3)22(27(28,29)30)24(33)32-23(14)20)18-10-8-17(9-11-18)15(2)13-31-25(34)36-26(4,5)6/h8-12,15H,13H2,1-7H3,(H,31,34)(H,32,33). The predicted octanol–water partition coefficient (Wildman–Crippen LogP) is 6.47. The monoisotopic (exact) mass is 504 g/mol. The quantitative estimate of drug-likeness (QED) is 0.418. The fraction of sp³-hybridized carbons (Fsp3) is 0.407. The van der Waals surface area contributed by atoms with E-state index < -0.39 is 29.0 Å². The summed E-state index contributed by atoms with van der Waals surface area (Å²) in [5.41, 5.74) is -0.198. The molecule has 0 fully saturated rings. The summed E-state index contributed by atoms with van der Waals surface area (Å²) in [7, 11) is 1.45. The van der Waals surface area contributed by atoms with Gasteiger partial charge >= 0.3 is 12.3 Å². The van der Waals surface area contributed by atoms with Crippen molar-refractivity contribution in [1.82, 2.24) is 10.3 Å². The SMILES string of the molecule is COc1cc(C)c2[nH]c(=O)c(C(F)(F)F)c(C)c2c1-c1ccc(C(C)CNC(=O)OC(C)(C)C)cc1. The van der Waals surface area contributed by atoms with E-state index in [1.54, 1.807) is 45.9 Å². The number of alkyl carbamates (subject to hydrolysis) is 1. The molecule has 194 valence electrons. The van der Waals surface area contributed by atoms with Crippen molar-refractivity contribution >= 4 is 17.0 Å². The lowest BCUT2D eigenvalue weighted by molar-refractivity contribution is -0.139. The molecule has 1 heterocycles. The minimum atomic E-state index is -4.81. The Hall–Kier alpha value is -3.49. The molecule has 9 heteroatoms. The number of ether oxygens (including phenoxy) is 2. The Labute approximate surface area is 207 Å². The number of H-pyrrole nitrogens is 1. The molecule has 6 nitrogen and oxygen atoms in total. The third-order valence-electron chi connectivity index (χ3n) is 5.93. The summed E-state index contributed by atoms with van der Waals surface area (Å²) in [6.45, 7) is 10.7. The van der Waals surface area contributed by atoms with Crippen molar-refractivity contribution in [2.75, 3.05) is 13.7 Å². The van der Waals surface area contributed by atoms with Crippen LogP contribution in [0.2, 0.25) is 0 Å². The molecule has 0 aliphatic carbocycles. The molecule has 0 saturated carbocycles. The van der Waals surface area contributed by atoms with Gasteiger partial charge in [0, 0.05) is 17.5 Å². The van der Waals surface area contributed by atoms with Gasteiger partial charge < -0.3 is 19.8 Å². The van der Waals surface area contributed by atoms with Crippen LogP contribution in [0.4, 0.5) is 18.0 Å². The van der Waals surface area contributed by atoms with Gasteiger partial charge in [0.15, 0.2) is 0 Å². The number of alkyl halides is 3. The van der Waals surface area contributed by atoms with Crippen molar-refractivity contribution in [2.24, 2.45) is 0 Å². The average molecular weight is 505 g/mol. The van der Waals surface area contributed by atoms with E-state index in [2.05, 4.69) is 10.3 Å². The second kappa shape index (κ2) is 9.87. The van der Waals surface area contributed by atoms with Crippen molar-refractivity contribution < 1.29 is 27.4 Å². The molecular formula is C27H31F3N2O4. The van der Waals surface area contributed by atoms with E-state index in [0.29, 0.717) is 34.5 Å². The van der Waals surface area contributed by atoms with Gasteiger partial charge in [0.05, 0.1) is 12.6 Å². The Bertz CT molecular complexity index is 1340. The first-order valence-corrected chi connectivity index (χ1v) is 11.5. The van der Waals surface area contributed by atoms with Crippen LogP contribution in [-0.4, -0.2) is 30.3 Å². The lowest BCUT2D eigenvalue weighted by Gasteiger charge is -2.21. The average Bonchev–Trinajstić information content (AvgIpc) is 2.76. The van der Waals surface area contributed by atoms with Crippen LogP contribution in [0, 0.1) is 13.8 Å². The molecule has 2 aromatic carbocycles. The van der Waals surface area contributed by atoms with Crippen LogP contribution in [0.25, 0.3) is 22.0 Å². The number of pyridine rings is 1. The van der Waals surface area contributed by atoms with Crippen molar-refractivity contribution in [3.63, 3.8) is 0 Å². The van der Waals surface area contributed by atoms with Gasteiger partial charge in [-0.1, -0.05) is 31.2 Å². The lowest BCUT2D eigenvalue weighted by Crippen LogP contribution is -2.34. The number of hydrogen-bond donors (Lipinski definition) is 2. The predicted molar refractivity (Wildman–Crippen MR) is 134 cm³/mol. The Morgan fingerprint density at radius 2 is 1.72 bits per heavy atom. The summed E-state index contributed by atoms with van der Waals surface area (Å²) >= 11 is 0. The molecule has 1 aromatic heterocycles. The Morgan fingerprint density at radius 3 is 2.25 bits per heavy atom. The second-order valence-electron chi connectivity index (χ2n) is 9.88. The van der Waals surface area contributed by atoms with Crippen molar-refractivity contribution in [2.45, 2.75) is 59.2 Å². The Balaban J connectivity index is 2.05. The van der Waals surface area contributed by atoms with Crippen LogP contribution in [0.5, 0.6) is 5.75 Å². The van der Waals surface area contributed by atoms with Crippen LogP contribution in [0.1, 0.15) is 55.9 Å². The number of carbonyl (C=O) groups excluding carboxylic acids is 1. The number of benzene rings is 2. The lowest BCUT2D eigenvalue weighted by atomic mass is 9.91. The molecule has 1 unspecified atom stereocenters. The van der Waals surface area contributed by atoms with Crippen molar-refractivity contribution in [1.29, 1.82) is 0 Å². The molecule has 0 spiro atoms. The third-order valence-corrected chi connectivity index (χ3v) is 5.93. The number of carbonyl (C=O) groups is 1. The summed E-state index contributed by atoms with van der Waals surface area (Å²) in [5.74, 6) is 0.355. The Morgan fingerprint density at radius 1 is 1.11 bits per heavy atom. The first-order valence-electron chi connectivity index (χ1n) is 11.5. The molecule has 0 aliphatic rings. The highest BCUT2D eigenvalue weighted by Gasteiger charge is 2.37. The highest BCUT2D eigenvalue weighted by molar-refractivity contribution is 6.02. The maximum Gasteiger partial charge on any atom is 0.421 e. The summed E-state index contributed by atoms with van der Waals surface area (Å²) in [4.78, 5) is 26.7. The van der Waals surface area contributed by atoms with Gasteiger partial charge in [-0.05, 0) is 68.9 Å². The number of nitrogens with one attached hydrogen (secondary N) is 2. The van der Waals surface area contributed by atoms with Crippen molar-refractivity contribution in [3.8, 4) is 16.9 Å². The fourth-order valence-corrected chi connectivity index (χ4v) is 4.23. The van der Waals surface area contributed by atoms with E-state index in [1.165, 1.54) is 14.0 Å². The summed E-state index contributed by atoms with van der Waals surface area (Å²) < 4.78 is 52.0. The topological polar surface area (TPSA) is 80.4 Å². The van der Waals surface area contributed by atoms with Crippen LogP contribution >= 0.6 is 0 Å². The molecule has 1 atom stereocenters. The number of rotatable bonds is 5. The van der Waals surface area contributed by atoms with Crippen molar-refractivity contribution in [3.05, 3.63) is 62.9 Å². The van der Waals surface area contributed by atoms with Gasteiger partial charge in [-0.25, -0.2) is 4.79 Å². The second-order valence-corrected chi connectivity index (χ2v) is 9.88. The number of amides is 1. The number of aryl methyl sites for hydroxylation is 2. The van der Waals surface area contributed by atoms with Crippen LogP contribution in [0.15, 0.2) is 35.1 Å². The zero-order valence-electron chi connectivity index (χ0n) is 21.4. The van der Waals surface area contributed by atoms with E-state index in [9.17, 15) is 22.8 Å². The van der Waals surface area contributed by atoms with Crippen LogP contribution in [0.3, 0.4) is 0 Å². The van der Waals surface area contributed by atoms with E-state index in [1.807, 2.05) is 19.1 Å². The van der Waals surface area contributed by atoms with E-state index in [-0.39, 0.29) is 16.9 Å². The Kier molecular flexibility index (Phi) is 7.43. The fourth-order valence-electron chi connectivity index (χ4n) is 4.23. The maximum atomic E-state index is 13.7. The van der Waals surface area contributed by atoms with E-state index >= 15 is 0 Å². The van der Waals surface area contributed by atoms with Gasteiger partial charge in [0.25, 0.3) is 5.56 Å². The molecule has 0 radical (unpaired) electrons. The first-order chi connectivity index (χ1) is 16.6. The smallest absolute Gasteiger partial charge is 0.421 e.